The van der Waals surface area contributed by atoms with Crippen LogP contribution in [0.5, 0.6) is 0 Å². The van der Waals surface area contributed by atoms with Crippen molar-refractivity contribution in [3.8, 4) is 6.07 Å². The minimum atomic E-state index is -2.37. The van der Waals surface area contributed by atoms with E-state index in [2.05, 4.69) is 10.8 Å². The van der Waals surface area contributed by atoms with Crippen LogP contribution in [0, 0.1) is 17.2 Å². The molecule has 1 aromatic rings. The van der Waals surface area contributed by atoms with Gasteiger partial charge in [-0.3, -0.25) is 18.7 Å². The number of hydrogen-bond acceptors (Lipinski definition) is 7. The summed E-state index contributed by atoms with van der Waals surface area (Å²) < 4.78 is 24.2. The molecular weight excluding hydrogens is 456 g/mol. The van der Waals surface area contributed by atoms with Gasteiger partial charge in [0.2, 0.25) is 11.8 Å². The molecular formula is C23H27N6O4S-. The molecule has 2 amide bonds. The van der Waals surface area contributed by atoms with Gasteiger partial charge in [-0.15, -0.1) is 0 Å². The van der Waals surface area contributed by atoms with Crippen molar-refractivity contribution in [1.82, 2.24) is 14.7 Å². The molecule has 3 saturated heterocycles. The summed E-state index contributed by atoms with van der Waals surface area (Å²) in [6.07, 6.45) is 4.06. The van der Waals surface area contributed by atoms with Gasteiger partial charge in [-0.25, -0.2) is 0 Å². The number of nitrogens with zero attached hydrogens (tertiary/aromatic N) is 4. The Hall–Kier alpha value is -2.52. The van der Waals surface area contributed by atoms with Crippen LogP contribution in [-0.4, -0.2) is 78.6 Å². The summed E-state index contributed by atoms with van der Waals surface area (Å²) in [6, 6.07) is 6.60. The van der Waals surface area contributed by atoms with Gasteiger partial charge in [-0.1, -0.05) is 6.07 Å². The van der Waals surface area contributed by atoms with Crippen LogP contribution in [0.1, 0.15) is 42.9 Å². The number of carbonyl (C=O) groups is 2. The number of benzene rings is 1. The van der Waals surface area contributed by atoms with E-state index in [1.165, 1.54) is 0 Å². The fourth-order valence-electron chi connectivity index (χ4n) is 6.75. The molecule has 1 aromatic carbocycles. The van der Waals surface area contributed by atoms with Crippen molar-refractivity contribution in [2.75, 3.05) is 17.8 Å². The second-order valence-corrected chi connectivity index (χ2v) is 10.9. The summed E-state index contributed by atoms with van der Waals surface area (Å²) in [4.78, 5) is 32.1. The Morgan fingerprint density at radius 3 is 2.88 bits per heavy atom. The van der Waals surface area contributed by atoms with Crippen molar-refractivity contribution in [2.45, 2.75) is 68.4 Å². The van der Waals surface area contributed by atoms with Crippen molar-refractivity contribution >= 4 is 28.8 Å². The fourth-order valence-corrected chi connectivity index (χ4v) is 7.07. The highest BCUT2D eigenvalue weighted by Gasteiger charge is 2.56. The van der Waals surface area contributed by atoms with E-state index >= 15 is 0 Å². The summed E-state index contributed by atoms with van der Waals surface area (Å²) in [5.74, 6) is 0.356. The van der Waals surface area contributed by atoms with E-state index in [0.29, 0.717) is 24.7 Å². The van der Waals surface area contributed by atoms with Gasteiger partial charge in [0.15, 0.2) is 0 Å². The number of anilines is 1. The summed E-state index contributed by atoms with van der Waals surface area (Å²) in [6.45, 7) is 1.01. The van der Waals surface area contributed by atoms with E-state index in [9.17, 15) is 23.6 Å². The summed E-state index contributed by atoms with van der Waals surface area (Å²) >= 11 is -2.37. The maximum atomic E-state index is 13.4. The lowest BCUT2D eigenvalue weighted by molar-refractivity contribution is -0.141. The molecule has 180 valence electrons. The van der Waals surface area contributed by atoms with Gasteiger partial charge in [0.25, 0.3) is 0 Å². The second-order valence-electron chi connectivity index (χ2n) is 10.2. The normalized spacial score (nSPS) is 35.1. The molecule has 0 radical (unpaired) electrons. The largest absolute Gasteiger partial charge is 0.755 e. The van der Waals surface area contributed by atoms with E-state index in [1.54, 1.807) is 11.0 Å². The van der Waals surface area contributed by atoms with Crippen molar-refractivity contribution in [3.05, 3.63) is 29.3 Å². The van der Waals surface area contributed by atoms with Gasteiger partial charge in [0, 0.05) is 42.1 Å². The highest BCUT2D eigenvalue weighted by Crippen LogP contribution is 2.48. The average Bonchev–Trinajstić information content (AvgIpc) is 3.14. The third-order valence-electron chi connectivity index (χ3n) is 8.30. The highest BCUT2D eigenvalue weighted by atomic mass is 32.2. The van der Waals surface area contributed by atoms with Gasteiger partial charge in [0.05, 0.1) is 24.2 Å². The van der Waals surface area contributed by atoms with Crippen LogP contribution >= 0.6 is 0 Å². The van der Waals surface area contributed by atoms with Crippen LogP contribution in [0.2, 0.25) is 0 Å². The molecule has 2 unspecified atom stereocenters. The zero-order chi connectivity index (χ0) is 23.7. The maximum absolute atomic E-state index is 13.4. The van der Waals surface area contributed by atoms with Crippen LogP contribution in [0.4, 0.5) is 5.69 Å². The minimum Gasteiger partial charge on any atom is -0.755 e. The quantitative estimate of drug-likeness (QED) is 0.542. The van der Waals surface area contributed by atoms with Crippen molar-refractivity contribution in [3.63, 3.8) is 0 Å². The monoisotopic (exact) mass is 483 g/mol. The van der Waals surface area contributed by atoms with E-state index in [0.717, 1.165) is 43.2 Å². The van der Waals surface area contributed by atoms with Crippen LogP contribution in [0.15, 0.2) is 18.2 Å². The van der Waals surface area contributed by atoms with Crippen molar-refractivity contribution in [1.29, 1.82) is 5.26 Å². The first kappa shape index (κ1) is 22.0. The van der Waals surface area contributed by atoms with Gasteiger partial charge in [-0.05, 0) is 61.3 Å². The van der Waals surface area contributed by atoms with Gasteiger partial charge < -0.3 is 24.8 Å². The predicted molar refractivity (Wildman–Crippen MR) is 121 cm³/mol. The number of nitrogens with two attached hydrogens (primary N) is 1. The number of aryl methyl sites for hydroxylation is 1. The third-order valence-corrected chi connectivity index (χ3v) is 8.70. The van der Waals surface area contributed by atoms with E-state index in [-0.39, 0.29) is 42.0 Å². The number of rotatable bonds is 6. The number of fused-ring (bicyclic) bond motifs is 4. The Labute approximate surface area is 200 Å². The number of piperazine rings is 1. The van der Waals surface area contributed by atoms with Gasteiger partial charge in [-0.2, -0.15) is 5.26 Å². The lowest BCUT2D eigenvalue weighted by Gasteiger charge is -2.38. The summed E-state index contributed by atoms with van der Waals surface area (Å²) in [7, 11) is 0. The minimum absolute atomic E-state index is 0.00505. The Morgan fingerprint density at radius 2 is 2.15 bits per heavy atom. The molecule has 1 saturated carbocycles. The third kappa shape index (κ3) is 3.43. The smallest absolute Gasteiger partial charge is 0.242 e. The van der Waals surface area contributed by atoms with Gasteiger partial charge in [0.1, 0.15) is 6.04 Å². The van der Waals surface area contributed by atoms with Crippen LogP contribution < -0.4 is 10.5 Å². The number of nitriles is 1. The number of carbonyl (C=O) groups excluding carboxylic acids is 2. The molecule has 11 heteroatoms. The Kier molecular flexibility index (Phi) is 5.18. The molecule has 2 bridgehead atoms. The molecule has 6 rings (SSSR count). The zero-order valence-corrected chi connectivity index (χ0v) is 19.4. The topological polar surface area (TPSA) is 146 Å². The van der Waals surface area contributed by atoms with E-state index < -0.39 is 17.3 Å². The second kappa shape index (κ2) is 8.02. The number of nitrogens with one attached hydrogen (secondary N) is 1. The molecule has 3 heterocycles. The summed E-state index contributed by atoms with van der Waals surface area (Å²) in [5, 5.41) is 9.39. The number of piperidine rings is 1. The number of likely N-dealkylation sites (tertiary alicyclic amines) is 3. The average molecular weight is 484 g/mol. The Morgan fingerprint density at radius 1 is 1.32 bits per heavy atom. The molecule has 3 N–H and O–H groups in total. The Balaban J connectivity index is 1.11. The SMILES string of the molecule is N#C[C@@H]1CC2C[C@@H]2N1C(=O)[C@@H](N)CN1C[C@@H]2C[C@H]1C(=O)N2[C@@H]1CCc2cc(NS(=O)[O-])ccc21. The van der Waals surface area contributed by atoms with Gasteiger partial charge >= 0.3 is 0 Å². The first-order valence-corrected chi connectivity index (χ1v) is 13.0. The van der Waals surface area contributed by atoms with Crippen LogP contribution in [0.3, 0.4) is 0 Å². The van der Waals surface area contributed by atoms with Crippen LogP contribution in [-0.2, 0) is 27.3 Å². The molecule has 3 aliphatic heterocycles. The van der Waals surface area contributed by atoms with E-state index in [4.69, 9.17) is 5.73 Å². The molecule has 0 spiro atoms. The molecule has 2 aliphatic carbocycles. The number of amides is 2. The molecule has 34 heavy (non-hydrogen) atoms. The van der Waals surface area contributed by atoms with Crippen molar-refractivity contribution in [2.24, 2.45) is 11.7 Å². The molecule has 5 aliphatic rings. The lowest BCUT2D eigenvalue weighted by Crippen LogP contribution is -2.57. The molecule has 10 nitrogen and oxygen atoms in total. The maximum Gasteiger partial charge on any atom is 0.242 e. The first-order valence-electron chi connectivity index (χ1n) is 11.9. The first-order chi connectivity index (χ1) is 16.4. The molecule has 4 fully saturated rings. The Bertz CT molecular complexity index is 1120. The van der Waals surface area contributed by atoms with Crippen molar-refractivity contribution < 1.29 is 18.4 Å². The van der Waals surface area contributed by atoms with E-state index in [1.807, 2.05) is 21.9 Å². The fraction of sp³-hybridized carbons (Fsp3) is 0.609. The summed E-state index contributed by atoms with van der Waals surface area (Å²) in [5.41, 5.74) is 8.98. The highest BCUT2D eigenvalue weighted by molar-refractivity contribution is 7.80. The van der Waals surface area contributed by atoms with Crippen LogP contribution in [0.25, 0.3) is 0 Å². The standard InChI is InChI=1S/C23H28N6O4S/c24-9-15-6-13-7-20(13)28(15)22(30)18(25)11-27-10-16-8-21(27)23(31)29(16)19-4-1-12-5-14(26-34(32)33)2-3-17(12)19/h2-3,5,13,15-16,18-21,26H,1,4,6-8,10-11,25H2,(H,32,33)/p-1/t13?,15-,16-,18-,19+,20-,21-/m0/s1. The molecule has 0 aromatic heterocycles. The number of hydrogen-bond donors (Lipinski definition) is 2. The predicted octanol–water partition coefficient (Wildman–Crippen LogP) is 0.00528. The lowest BCUT2D eigenvalue weighted by atomic mass is 10.0. The zero-order valence-electron chi connectivity index (χ0n) is 18.6. The molecule has 8 atom stereocenters.